The average Bonchev–Trinajstić information content (AvgIpc) is 2.94. The molecule has 1 N–H and O–H groups in total. The molecular formula is C30H26N2O5. The molecule has 7 nitrogen and oxygen atoms in total. The summed E-state index contributed by atoms with van der Waals surface area (Å²) in [6, 6.07) is 29.8. The lowest BCUT2D eigenvalue weighted by atomic mass is 10.1. The van der Waals surface area contributed by atoms with E-state index < -0.39 is 0 Å². The number of nitrogens with zero attached hydrogens (tertiary/aromatic N) is 1. The van der Waals surface area contributed by atoms with Crippen LogP contribution in [0, 0.1) is 0 Å². The summed E-state index contributed by atoms with van der Waals surface area (Å²) in [6.45, 7) is 0.752. The van der Waals surface area contributed by atoms with Gasteiger partial charge in [-0.05, 0) is 65.7 Å². The maximum Gasteiger partial charge on any atom is 0.265 e. The quantitative estimate of drug-likeness (QED) is 0.352. The molecule has 0 saturated carbocycles. The molecule has 0 fully saturated rings. The second kappa shape index (κ2) is 10.9. The van der Waals surface area contributed by atoms with Gasteiger partial charge in [0, 0.05) is 11.3 Å². The van der Waals surface area contributed by atoms with E-state index in [0.29, 0.717) is 41.6 Å². The van der Waals surface area contributed by atoms with Crippen molar-refractivity contribution in [1.29, 1.82) is 0 Å². The van der Waals surface area contributed by atoms with Crippen molar-refractivity contribution in [3.63, 3.8) is 0 Å². The summed E-state index contributed by atoms with van der Waals surface area (Å²) >= 11 is 0. The van der Waals surface area contributed by atoms with Gasteiger partial charge in [-0.25, -0.2) is 0 Å². The predicted octanol–water partition coefficient (Wildman–Crippen LogP) is 5.45. The fourth-order valence-electron chi connectivity index (χ4n) is 4.05. The second-order valence-corrected chi connectivity index (χ2v) is 8.56. The first-order valence-electron chi connectivity index (χ1n) is 11.9. The molecule has 37 heavy (non-hydrogen) atoms. The highest BCUT2D eigenvalue weighted by atomic mass is 16.5. The lowest BCUT2D eigenvalue weighted by Gasteiger charge is -2.29. The van der Waals surface area contributed by atoms with Crippen LogP contribution in [0.15, 0.2) is 97.1 Å². The molecule has 1 heterocycles. The summed E-state index contributed by atoms with van der Waals surface area (Å²) < 4.78 is 16.7. The van der Waals surface area contributed by atoms with Crippen LogP contribution in [0.4, 0.5) is 11.4 Å². The van der Waals surface area contributed by atoms with E-state index in [-0.39, 0.29) is 18.4 Å². The van der Waals surface area contributed by atoms with Gasteiger partial charge >= 0.3 is 0 Å². The van der Waals surface area contributed by atoms with Crippen molar-refractivity contribution in [2.75, 3.05) is 23.9 Å². The van der Waals surface area contributed by atoms with E-state index in [9.17, 15) is 9.59 Å². The van der Waals surface area contributed by atoms with Crippen LogP contribution in [-0.4, -0.2) is 25.5 Å². The van der Waals surface area contributed by atoms with Gasteiger partial charge < -0.3 is 24.4 Å². The molecule has 0 aromatic heterocycles. The van der Waals surface area contributed by atoms with E-state index in [0.717, 1.165) is 16.9 Å². The molecule has 0 atom stereocenters. The average molecular weight is 495 g/mol. The predicted molar refractivity (Wildman–Crippen MR) is 141 cm³/mol. The number of ether oxygens (including phenoxy) is 3. The minimum absolute atomic E-state index is 0.0908. The Kier molecular flexibility index (Phi) is 7.03. The number of fused-ring (bicyclic) bond motifs is 1. The van der Waals surface area contributed by atoms with Crippen molar-refractivity contribution in [3.8, 4) is 17.2 Å². The van der Waals surface area contributed by atoms with Gasteiger partial charge in [0.2, 0.25) is 0 Å². The van der Waals surface area contributed by atoms with E-state index >= 15 is 0 Å². The van der Waals surface area contributed by atoms with Crippen molar-refractivity contribution >= 4 is 23.2 Å². The highest BCUT2D eigenvalue weighted by Crippen LogP contribution is 2.34. The third-order valence-corrected chi connectivity index (χ3v) is 6.00. The van der Waals surface area contributed by atoms with E-state index in [2.05, 4.69) is 5.32 Å². The smallest absolute Gasteiger partial charge is 0.265 e. The molecule has 1 aliphatic heterocycles. The van der Waals surface area contributed by atoms with Crippen molar-refractivity contribution in [2.24, 2.45) is 0 Å². The lowest BCUT2D eigenvalue weighted by molar-refractivity contribution is -0.121. The summed E-state index contributed by atoms with van der Waals surface area (Å²) in [5.74, 6) is 1.49. The Balaban J connectivity index is 1.25. The molecular weight excluding hydrogens is 468 g/mol. The first-order valence-corrected chi connectivity index (χ1v) is 11.9. The van der Waals surface area contributed by atoms with Crippen molar-refractivity contribution in [3.05, 3.63) is 114 Å². The monoisotopic (exact) mass is 494 g/mol. The number of amides is 2. The summed E-state index contributed by atoms with van der Waals surface area (Å²) in [7, 11) is 1.61. The molecule has 0 saturated heterocycles. The Morgan fingerprint density at radius 2 is 1.68 bits per heavy atom. The molecule has 7 heteroatoms. The zero-order chi connectivity index (χ0) is 25.6. The van der Waals surface area contributed by atoms with Crippen LogP contribution in [0.1, 0.15) is 21.5 Å². The first-order chi connectivity index (χ1) is 18.1. The standard InChI is InChI=1S/C30H26N2O5/c1-35-26-9-5-8-22(16-26)18-32-27-15-10-23(17-28(27)37-20-29(32)33)30(34)31-24-11-13-25(14-12-24)36-19-21-6-3-2-4-7-21/h2-17H,18-20H2,1H3,(H,31,34). The summed E-state index contributed by atoms with van der Waals surface area (Å²) in [4.78, 5) is 27.2. The van der Waals surface area contributed by atoms with Gasteiger partial charge in [-0.3, -0.25) is 9.59 Å². The van der Waals surface area contributed by atoms with Crippen LogP contribution in [0.25, 0.3) is 0 Å². The Hall–Kier alpha value is -4.78. The summed E-state index contributed by atoms with van der Waals surface area (Å²) in [5.41, 5.74) is 3.71. The minimum atomic E-state index is -0.277. The molecule has 0 aliphatic carbocycles. The van der Waals surface area contributed by atoms with Gasteiger partial charge in [0.1, 0.15) is 23.9 Å². The molecule has 0 bridgehead atoms. The van der Waals surface area contributed by atoms with Gasteiger partial charge in [0.15, 0.2) is 6.61 Å². The fraction of sp³-hybridized carbons (Fsp3) is 0.133. The van der Waals surface area contributed by atoms with Crippen molar-refractivity contribution < 1.29 is 23.8 Å². The molecule has 0 unspecified atom stereocenters. The third-order valence-electron chi connectivity index (χ3n) is 6.00. The lowest BCUT2D eigenvalue weighted by Crippen LogP contribution is -2.38. The van der Waals surface area contributed by atoms with Gasteiger partial charge in [0.25, 0.3) is 11.8 Å². The molecule has 4 aromatic carbocycles. The maximum atomic E-state index is 12.9. The Morgan fingerprint density at radius 1 is 0.892 bits per heavy atom. The van der Waals surface area contributed by atoms with Gasteiger partial charge in [0.05, 0.1) is 19.3 Å². The highest BCUT2D eigenvalue weighted by Gasteiger charge is 2.26. The number of carbonyl (C=O) groups excluding carboxylic acids is 2. The fourth-order valence-corrected chi connectivity index (χ4v) is 4.05. The molecule has 0 radical (unpaired) electrons. The maximum absolute atomic E-state index is 12.9. The number of rotatable bonds is 8. The third kappa shape index (κ3) is 5.73. The number of hydrogen-bond donors (Lipinski definition) is 1. The molecule has 5 rings (SSSR count). The number of benzene rings is 4. The molecule has 4 aromatic rings. The Labute approximate surface area is 215 Å². The zero-order valence-electron chi connectivity index (χ0n) is 20.3. The van der Waals surface area contributed by atoms with Gasteiger partial charge in [-0.15, -0.1) is 0 Å². The van der Waals surface area contributed by atoms with Crippen molar-refractivity contribution in [2.45, 2.75) is 13.2 Å². The van der Waals surface area contributed by atoms with Crippen molar-refractivity contribution in [1.82, 2.24) is 0 Å². The normalized spacial score (nSPS) is 12.4. The van der Waals surface area contributed by atoms with E-state index in [1.165, 1.54) is 0 Å². The molecule has 186 valence electrons. The number of methoxy groups -OCH3 is 1. The van der Waals surface area contributed by atoms with Crippen LogP contribution in [0.5, 0.6) is 17.2 Å². The minimum Gasteiger partial charge on any atom is -0.497 e. The van der Waals surface area contributed by atoms with Crippen LogP contribution in [-0.2, 0) is 17.9 Å². The second-order valence-electron chi connectivity index (χ2n) is 8.56. The van der Waals surface area contributed by atoms with E-state index in [4.69, 9.17) is 14.2 Å². The first kappa shape index (κ1) is 23.9. The number of nitrogens with one attached hydrogen (secondary N) is 1. The van der Waals surface area contributed by atoms with Gasteiger partial charge in [-0.2, -0.15) is 0 Å². The number of anilines is 2. The number of carbonyl (C=O) groups is 2. The Morgan fingerprint density at radius 3 is 2.46 bits per heavy atom. The topological polar surface area (TPSA) is 77.1 Å². The SMILES string of the molecule is COc1cccc(CN2C(=O)COc3cc(C(=O)Nc4ccc(OCc5ccccc5)cc4)ccc32)c1. The molecule has 2 amide bonds. The van der Waals surface area contributed by atoms with Crippen LogP contribution >= 0.6 is 0 Å². The summed E-state index contributed by atoms with van der Waals surface area (Å²) in [5, 5.41) is 2.89. The van der Waals surface area contributed by atoms with Crippen LogP contribution < -0.4 is 24.4 Å². The van der Waals surface area contributed by atoms with Crippen LogP contribution in [0.2, 0.25) is 0 Å². The summed E-state index contributed by atoms with van der Waals surface area (Å²) in [6.07, 6.45) is 0. The molecule has 1 aliphatic rings. The van der Waals surface area contributed by atoms with E-state index in [1.807, 2.05) is 66.7 Å². The van der Waals surface area contributed by atoms with Gasteiger partial charge in [-0.1, -0.05) is 42.5 Å². The molecule has 0 spiro atoms. The largest absolute Gasteiger partial charge is 0.497 e. The Bertz CT molecular complexity index is 1400. The van der Waals surface area contributed by atoms with E-state index in [1.54, 1.807) is 42.3 Å². The van der Waals surface area contributed by atoms with Crippen LogP contribution in [0.3, 0.4) is 0 Å². The zero-order valence-corrected chi connectivity index (χ0v) is 20.3. The highest BCUT2D eigenvalue weighted by molar-refractivity contribution is 6.06. The number of hydrogen-bond acceptors (Lipinski definition) is 5.